The van der Waals surface area contributed by atoms with Crippen LogP contribution in [0.2, 0.25) is 0 Å². The Labute approximate surface area is 157 Å². The van der Waals surface area contributed by atoms with E-state index in [4.69, 9.17) is 4.98 Å². The summed E-state index contributed by atoms with van der Waals surface area (Å²) >= 11 is 0. The number of piperazine rings is 1. The molecule has 1 aliphatic carbocycles. The molecular formula is C23H29N3. The van der Waals surface area contributed by atoms with Gasteiger partial charge in [0.2, 0.25) is 0 Å². The van der Waals surface area contributed by atoms with Crippen molar-refractivity contribution in [3.05, 3.63) is 59.4 Å². The average Bonchev–Trinajstić information content (AvgIpc) is 2.65. The lowest BCUT2D eigenvalue weighted by Crippen LogP contribution is -2.54. The summed E-state index contributed by atoms with van der Waals surface area (Å²) in [4.78, 5) is 10.1. The highest BCUT2D eigenvalue weighted by Crippen LogP contribution is 2.37. The fraction of sp³-hybridized carbons (Fsp3) is 0.522. The summed E-state index contributed by atoms with van der Waals surface area (Å²) < 4.78 is 0. The third-order valence-corrected chi connectivity index (χ3v) is 6.68. The van der Waals surface area contributed by atoms with Gasteiger partial charge in [0, 0.05) is 49.8 Å². The van der Waals surface area contributed by atoms with Crippen LogP contribution in [0.3, 0.4) is 0 Å². The molecule has 1 aromatic carbocycles. The van der Waals surface area contributed by atoms with Crippen LogP contribution < -0.4 is 4.90 Å². The van der Waals surface area contributed by atoms with Gasteiger partial charge < -0.3 is 4.90 Å². The first-order valence-corrected chi connectivity index (χ1v) is 10.4. The van der Waals surface area contributed by atoms with E-state index in [1.54, 1.807) is 5.56 Å². The van der Waals surface area contributed by atoms with Gasteiger partial charge in [-0.05, 0) is 42.4 Å². The van der Waals surface area contributed by atoms with Crippen LogP contribution in [-0.2, 0) is 19.4 Å². The van der Waals surface area contributed by atoms with Gasteiger partial charge in [-0.2, -0.15) is 0 Å². The first-order valence-electron chi connectivity index (χ1n) is 10.4. The van der Waals surface area contributed by atoms with E-state index in [-0.39, 0.29) is 0 Å². The highest BCUT2D eigenvalue weighted by molar-refractivity contribution is 5.58. The molecule has 3 heteroatoms. The normalized spacial score (nSPS) is 23.2. The molecule has 2 aliphatic heterocycles. The fourth-order valence-electron chi connectivity index (χ4n) is 4.99. The maximum Gasteiger partial charge on any atom is 0.0458 e. The van der Waals surface area contributed by atoms with E-state index in [1.165, 1.54) is 62.0 Å². The molecule has 1 unspecified atom stereocenters. The lowest BCUT2D eigenvalue weighted by Gasteiger charge is -2.46. The van der Waals surface area contributed by atoms with Gasteiger partial charge in [0.1, 0.15) is 0 Å². The van der Waals surface area contributed by atoms with E-state index in [2.05, 4.69) is 52.4 Å². The Morgan fingerprint density at radius 1 is 1.00 bits per heavy atom. The van der Waals surface area contributed by atoms with Crippen molar-refractivity contribution in [2.45, 2.75) is 51.1 Å². The average molecular weight is 348 g/mol. The van der Waals surface area contributed by atoms with Crippen molar-refractivity contribution in [1.29, 1.82) is 0 Å². The third-order valence-electron chi connectivity index (χ3n) is 6.68. The Hall–Kier alpha value is -1.87. The first-order chi connectivity index (χ1) is 12.9. The summed E-state index contributed by atoms with van der Waals surface area (Å²) in [6, 6.07) is 13.9. The van der Waals surface area contributed by atoms with Crippen LogP contribution >= 0.6 is 0 Å². The molecule has 2 aromatic rings. The van der Waals surface area contributed by atoms with E-state index in [0.29, 0.717) is 6.04 Å². The fourth-order valence-corrected chi connectivity index (χ4v) is 4.99. The van der Waals surface area contributed by atoms with Crippen molar-refractivity contribution in [1.82, 2.24) is 9.88 Å². The van der Waals surface area contributed by atoms with E-state index in [1.807, 2.05) is 0 Å². The van der Waals surface area contributed by atoms with Gasteiger partial charge in [-0.15, -0.1) is 0 Å². The number of anilines is 1. The van der Waals surface area contributed by atoms with Crippen LogP contribution in [-0.4, -0.2) is 35.6 Å². The number of benzene rings is 1. The van der Waals surface area contributed by atoms with Crippen molar-refractivity contribution in [3.63, 3.8) is 0 Å². The van der Waals surface area contributed by atoms with Crippen molar-refractivity contribution >= 4 is 5.69 Å². The number of hydrogen-bond acceptors (Lipinski definition) is 3. The van der Waals surface area contributed by atoms with Crippen molar-refractivity contribution in [2.75, 3.05) is 24.5 Å². The second-order valence-corrected chi connectivity index (χ2v) is 8.36. The Morgan fingerprint density at radius 3 is 2.69 bits per heavy atom. The number of rotatable bonds is 4. The molecule has 1 saturated carbocycles. The summed E-state index contributed by atoms with van der Waals surface area (Å²) in [7, 11) is 0. The minimum Gasteiger partial charge on any atom is -0.366 e. The molecule has 5 rings (SSSR count). The van der Waals surface area contributed by atoms with Gasteiger partial charge in [0.05, 0.1) is 0 Å². The second-order valence-electron chi connectivity index (χ2n) is 8.36. The number of aromatic nitrogens is 1. The smallest absolute Gasteiger partial charge is 0.0458 e. The molecule has 0 spiro atoms. The SMILES string of the molecule is c1ccc(CN2CCN3c4ccnc(CC5CCC5)c4CCC3C2)cc1. The first kappa shape index (κ1) is 16.3. The van der Waals surface area contributed by atoms with Crippen LogP contribution in [0, 0.1) is 5.92 Å². The Kier molecular flexibility index (Phi) is 4.41. The Morgan fingerprint density at radius 2 is 1.88 bits per heavy atom. The largest absolute Gasteiger partial charge is 0.366 e. The topological polar surface area (TPSA) is 19.4 Å². The predicted molar refractivity (Wildman–Crippen MR) is 106 cm³/mol. The molecule has 1 atom stereocenters. The monoisotopic (exact) mass is 347 g/mol. The lowest BCUT2D eigenvalue weighted by molar-refractivity contribution is 0.206. The van der Waals surface area contributed by atoms with Crippen LogP contribution in [0.5, 0.6) is 0 Å². The molecule has 0 amide bonds. The molecule has 0 bridgehead atoms. The van der Waals surface area contributed by atoms with E-state index >= 15 is 0 Å². The lowest BCUT2D eigenvalue weighted by atomic mass is 9.80. The molecule has 0 radical (unpaired) electrons. The van der Waals surface area contributed by atoms with E-state index < -0.39 is 0 Å². The van der Waals surface area contributed by atoms with Gasteiger partial charge in [0.25, 0.3) is 0 Å². The molecule has 3 aliphatic rings. The summed E-state index contributed by atoms with van der Waals surface area (Å²) in [5.74, 6) is 0.898. The number of nitrogens with zero attached hydrogens (tertiary/aromatic N) is 3. The van der Waals surface area contributed by atoms with Gasteiger partial charge in [-0.1, -0.05) is 49.6 Å². The highest BCUT2D eigenvalue weighted by Gasteiger charge is 2.33. The summed E-state index contributed by atoms with van der Waals surface area (Å²) in [5.41, 5.74) is 5.89. The van der Waals surface area contributed by atoms with Gasteiger partial charge >= 0.3 is 0 Å². The maximum absolute atomic E-state index is 4.79. The zero-order valence-electron chi connectivity index (χ0n) is 15.6. The summed E-state index contributed by atoms with van der Waals surface area (Å²) in [6.45, 7) is 4.58. The molecule has 2 fully saturated rings. The van der Waals surface area contributed by atoms with Gasteiger partial charge in [-0.3, -0.25) is 9.88 Å². The van der Waals surface area contributed by atoms with Crippen LogP contribution in [0.15, 0.2) is 42.6 Å². The van der Waals surface area contributed by atoms with E-state index in [9.17, 15) is 0 Å². The molecule has 3 nitrogen and oxygen atoms in total. The van der Waals surface area contributed by atoms with Crippen molar-refractivity contribution in [2.24, 2.45) is 5.92 Å². The van der Waals surface area contributed by atoms with Crippen molar-refractivity contribution < 1.29 is 0 Å². The Bertz CT molecular complexity index is 753. The van der Waals surface area contributed by atoms with Crippen LogP contribution in [0.25, 0.3) is 0 Å². The zero-order chi connectivity index (χ0) is 17.3. The summed E-state index contributed by atoms with van der Waals surface area (Å²) in [5, 5.41) is 0. The molecule has 1 saturated heterocycles. The summed E-state index contributed by atoms with van der Waals surface area (Å²) in [6.07, 6.45) is 10.0. The van der Waals surface area contributed by atoms with E-state index in [0.717, 1.165) is 25.6 Å². The molecule has 0 N–H and O–H groups in total. The van der Waals surface area contributed by atoms with Crippen molar-refractivity contribution in [3.8, 4) is 0 Å². The highest BCUT2D eigenvalue weighted by atomic mass is 15.3. The van der Waals surface area contributed by atoms with Gasteiger partial charge in [-0.25, -0.2) is 0 Å². The zero-order valence-corrected chi connectivity index (χ0v) is 15.6. The minimum atomic E-state index is 0.666. The standard InChI is InChI=1S/C23H29N3/c1-2-5-19(6-3-1)16-25-13-14-26-20(17-25)9-10-21-22(15-18-7-4-8-18)24-12-11-23(21)26/h1-3,5-6,11-12,18,20H,4,7-10,13-17H2. The number of hydrogen-bond donors (Lipinski definition) is 0. The minimum absolute atomic E-state index is 0.666. The number of pyridine rings is 1. The predicted octanol–water partition coefficient (Wildman–Crippen LogP) is 4.06. The molecule has 136 valence electrons. The Balaban J connectivity index is 1.30. The number of fused-ring (bicyclic) bond motifs is 3. The second kappa shape index (κ2) is 7.03. The maximum atomic E-state index is 4.79. The van der Waals surface area contributed by atoms with Gasteiger partial charge in [0.15, 0.2) is 0 Å². The third kappa shape index (κ3) is 3.14. The molecule has 3 heterocycles. The quantitative estimate of drug-likeness (QED) is 0.831. The van der Waals surface area contributed by atoms with Crippen LogP contribution in [0.1, 0.15) is 42.5 Å². The molecule has 1 aromatic heterocycles. The molecule has 26 heavy (non-hydrogen) atoms. The van der Waals surface area contributed by atoms with Crippen LogP contribution in [0.4, 0.5) is 5.69 Å². The molecular weight excluding hydrogens is 318 g/mol.